The van der Waals surface area contributed by atoms with Gasteiger partial charge in [-0.25, -0.2) is 0 Å². The Morgan fingerprint density at radius 3 is 2.47 bits per heavy atom. The largest absolute Gasteiger partial charge is 0.573 e. The molecule has 0 saturated heterocycles. The number of ketones is 1. The van der Waals surface area contributed by atoms with Gasteiger partial charge in [0, 0.05) is 12.0 Å². The van der Waals surface area contributed by atoms with Crippen LogP contribution in [0.2, 0.25) is 0 Å². The molecule has 0 saturated carbocycles. The number of hydrogen-bond donors (Lipinski definition) is 0. The summed E-state index contributed by atoms with van der Waals surface area (Å²) < 4.78 is 46.0. The third-order valence-electron chi connectivity index (χ3n) is 2.14. The van der Waals surface area contributed by atoms with Gasteiger partial charge in [-0.15, -0.1) is 13.2 Å². The van der Waals surface area contributed by atoms with E-state index in [0.29, 0.717) is 0 Å². The van der Waals surface area contributed by atoms with E-state index in [1.807, 2.05) is 0 Å². The first kappa shape index (κ1) is 15.8. The van der Waals surface area contributed by atoms with E-state index < -0.39 is 12.1 Å². The van der Waals surface area contributed by atoms with Crippen LogP contribution >= 0.6 is 15.9 Å². The zero-order valence-electron chi connectivity index (χ0n) is 10.1. The van der Waals surface area contributed by atoms with Crippen molar-refractivity contribution in [2.75, 3.05) is 11.9 Å². The van der Waals surface area contributed by atoms with E-state index in [-0.39, 0.29) is 35.5 Å². The van der Waals surface area contributed by atoms with Gasteiger partial charge in [-0.3, -0.25) is 4.79 Å². The molecule has 3 nitrogen and oxygen atoms in total. The molecular weight excluding hydrogens is 329 g/mol. The Kier molecular flexibility index (Phi) is 5.65. The minimum Gasteiger partial charge on any atom is -0.493 e. The average molecular weight is 341 g/mol. The standard InChI is InChI=1S/C12H12BrF3O3/c1-2-18-10-4-3-5-11(19-12(14,15)16)9(10)6-8(17)7-13/h3-5H,2,6-7H2,1H3. The van der Waals surface area contributed by atoms with Gasteiger partial charge in [0.15, 0.2) is 0 Å². The molecule has 0 aliphatic rings. The normalized spacial score (nSPS) is 11.2. The van der Waals surface area contributed by atoms with Crippen molar-refractivity contribution < 1.29 is 27.4 Å². The molecular formula is C12H12BrF3O3. The molecule has 0 amide bonds. The summed E-state index contributed by atoms with van der Waals surface area (Å²) in [7, 11) is 0. The first-order chi connectivity index (χ1) is 8.87. The van der Waals surface area contributed by atoms with Gasteiger partial charge >= 0.3 is 6.36 Å². The van der Waals surface area contributed by atoms with Crippen molar-refractivity contribution in [3.05, 3.63) is 23.8 Å². The first-order valence-corrected chi connectivity index (χ1v) is 6.57. The highest BCUT2D eigenvalue weighted by Crippen LogP contribution is 2.33. The van der Waals surface area contributed by atoms with Crippen LogP contribution in [0.3, 0.4) is 0 Å². The van der Waals surface area contributed by atoms with Crippen molar-refractivity contribution in [3.63, 3.8) is 0 Å². The quantitative estimate of drug-likeness (QED) is 0.743. The predicted octanol–water partition coefficient (Wildman–Crippen LogP) is 3.49. The molecule has 0 aromatic heterocycles. The predicted molar refractivity (Wildman–Crippen MR) is 66.8 cm³/mol. The summed E-state index contributed by atoms with van der Waals surface area (Å²) in [5.74, 6) is -0.453. The molecule has 0 unspecified atom stereocenters. The van der Waals surface area contributed by atoms with Crippen LogP contribution in [0.1, 0.15) is 12.5 Å². The van der Waals surface area contributed by atoms with Crippen LogP contribution in [0.25, 0.3) is 0 Å². The van der Waals surface area contributed by atoms with E-state index in [1.54, 1.807) is 6.92 Å². The lowest BCUT2D eigenvalue weighted by Crippen LogP contribution is -2.19. The highest BCUT2D eigenvalue weighted by Gasteiger charge is 2.32. The lowest BCUT2D eigenvalue weighted by atomic mass is 10.1. The van der Waals surface area contributed by atoms with E-state index in [9.17, 15) is 18.0 Å². The van der Waals surface area contributed by atoms with E-state index in [1.165, 1.54) is 12.1 Å². The lowest BCUT2D eigenvalue weighted by molar-refractivity contribution is -0.274. The number of alkyl halides is 4. The Labute approximate surface area is 116 Å². The topological polar surface area (TPSA) is 35.5 Å². The number of ether oxygens (including phenoxy) is 2. The molecule has 106 valence electrons. The van der Waals surface area contributed by atoms with Crippen LogP contribution in [0.15, 0.2) is 18.2 Å². The summed E-state index contributed by atoms with van der Waals surface area (Å²) in [6.45, 7) is 1.98. The zero-order chi connectivity index (χ0) is 14.5. The van der Waals surface area contributed by atoms with Crippen LogP contribution in [0.4, 0.5) is 13.2 Å². The molecule has 0 radical (unpaired) electrons. The molecule has 0 atom stereocenters. The number of carbonyl (C=O) groups is 1. The smallest absolute Gasteiger partial charge is 0.493 e. The van der Waals surface area contributed by atoms with Crippen LogP contribution in [-0.2, 0) is 11.2 Å². The van der Waals surface area contributed by atoms with E-state index in [0.717, 1.165) is 6.07 Å². The Bertz CT molecular complexity index is 446. The molecule has 19 heavy (non-hydrogen) atoms. The van der Waals surface area contributed by atoms with Crippen molar-refractivity contribution >= 4 is 21.7 Å². The Balaban J connectivity index is 3.13. The number of carbonyl (C=O) groups excluding carboxylic acids is 1. The number of benzene rings is 1. The fourth-order valence-corrected chi connectivity index (χ4v) is 1.67. The van der Waals surface area contributed by atoms with Gasteiger partial charge in [0.25, 0.3) is 0 Å². The SMILES string of the molecule is CCOc1cccc(OC(F)(F)F)c1CC(=O)CBr. The minimum atomic E-state index is -4.81. The molecule has 0 aliphatic heterocycles. The second-order valence-corrected chi connectivity index (χ2v) is 4.12. The van der Waals surface area contributed by atoms with E-state index in [4.69, 9.17) is 4.74 Å². The minimum absolute atomic E-state index is 0.0545. The molecule has 0 N–H and O–H groups in total. The number of rotatable bonds is 6. The van der Waals surface area contributed by atoms with Gasteiger partial charge in [-0.1, -0.05) is 22.0 Å². The van der Waals surface area contributed by atoms with Gasteiger partial charge in [0.2, 0.25) is 0 Å². The first-order valence-electron chi connectivity index (χ1n) is 5.45. The van der Waals surface area contributed by atoms with Crippen LogP contribution < -0.4 is 9.47 Å². The van der Waals surface area contributed by atoms with Crippen LogP contribution in [0, 0.1) is 0 Å². The molecule has 7 heteroatoms. The fourth-order valence-electron chi connectivity index (χ4n) is 1.48. The molecule has 0 aliphatic carbocycles. The number of Topliss-reactive ketones (excluding diaryl/α,β-unsaturated/α-hetero) is 1. The maximum absolute atomic E-state index is 12.3. The Hall–Kier alpha value is -1.24. The maximum atomic E-state index is 12.3. The Morgan fingerprint density at radius 2 is 1.95 bits per heavy atom. The molecule has 1 aromatic carbocycles. The van der Waals surface area contributed by atoms with Gasteiger partial charge in [-0.05, 0) is 19.1 Å². The average Bonchev–Trinajstić information content (AvgIpc) is 2.31. The molecule has 0 bridgehead atoms. The highest BCUT2D eigenvalue weighted by molar-refractivity contribution is 9.09. The van der Waals surface area contributed by atoms with Crippen molar-refractivity contribution in [1.82, 2.24) is 0 Å². The summed E-state index contributed by atoms with van der Waals surface area (Å²) in [4.78, 5) is 11.4. The van der Waals surface area contributed by atoms with E-state index in [2.05, 4.69) is 20.7 Å². The second-order valence-electron chi connectivity index (χ2n) is 3.56. The molecule has 0 heterocycles. The summed E-state index contributed by atoms with van der Waals surface area (Å²) in [5, 5.41) is 0.0545. The molecule has 1 aromatic rings. The third kappa shape index (κ3) is 5.10. The molecule has 0 fully saturated rings. The number of halogens is 4. The van der Waals surface area contributed by atoms with Gasteiger partial charge in [-0.2, -0.15) is 0 Å². The number of hydrogen-bond acceptors (Lipinski definition) is 3. The maximum Gasteiger partial charge on any atom is 0.573 e. The van der Waals surface area contributed by atoms with Crippen LogP contribution in [-0.4, -0.2) is 24.1 Å². The molecule has 0 spiro atoms. The van der Waals surface area contributed by atoms with Crippen molar-refractivity contribution in [2.45, 2.75) is 19.7 Å². The van der Waals surface area contributed by atoms with Gasteiger partial charge in [0.1, 0.15) is 17.3 Å². The third-order valence-corrected chi connectivity index (χ3v) is 2.76. The summed E-state index contributed by atoms with van der Waals surface area (Å²) in [6, 6.07) is 4.05. The van der Waals surface area contributed by atoms with Gasteiger partial charge < -0.3 is 9.47 Å². The monoisotopic (exact) mass is 340 g/mol. The summed E-state index contributed by atoms with van der Waals surface area (Å²) >= 11 is 2.97. The molecule has 1 rings (SSSR count). The van der Waals surface area contributed by atoms with Crippen molar-refractivity contribution in [3.8, 4) is 11.5 Å². The lowest BCUT2D eigenvalue weighted by Gasteiger charge is -2.16. The Morgan fingerprint density at radius 1 is 1.32 bits per heavy atom. The van der Waals surface area contributed by atoms with Crippen LogP contribution in [0.5, 0.6) is 11.5 Å². The summed E-state index contributed by atoms with van der Waals surface area (Å²) in [6.07, 6.45) is -5.00. The highest BCUT2D eigenvalue weighted by atomic mass is 79.9. The fraction of sp³-hybridized carbons (Fsp3) is 0.417. The second kappa shape index (κ2) is 6.79. The zero-order valence-corrected chi connectivity index (χ0v) is 11.7. The van der Waals surface area contributed by atoms with Crippen molar-refractivity contribution in [2.24, 2.45) is 0 Å². The van der Waals surface area contributed by atoms with E-state index >= 15 is 0 Å². The van der Waals surface area contributed by atoms with Gasteiger partial charge in [0.05, 0.1) is 11.9 Å². The summed E-state index contributed by atoms with van der Waals surface area (Å²) in [5.41, 5.74) is 0.103. The van der Waals surface area contributed by atoms with Crippen molar-refractivity contribution in [1.29, 1.82) is 0 Å².